The van der Waals surface area contributed by atoms with Crippen molar-refractivity contribution in [1.82, 2.24) is 14.8 Å². The number of aromatic nitrogens is 3. The van der Waals surface area contributed by atoms with Crippen molar-refractivity contribution in [2.75, 3.05) is 13.7 Å². The molecule has 0 spiro atoms. The van der Waals surface area contributed by atoms with E-state index in [4.69, 9.17) is 4.74 Å². The third-order valence-electron chi connectivity index (χ3n) is 6.02. The van der Waals surface area contributed by atoms with Gasteiger partial charge >= 0.3 is 0 Å². The predicted octanol–water partition coefficient (Wildman–Crippen LogP) is 3.36. The number of nitrogens with zero attached hydrogens (tertiary/aromatic N) is 3. The summed E-state index contributed by atoms with van der Waals surface area (Å²) in [6.45, 7) is 1.61. The van der Waals surface area contributed by atoms with E-state index in [2.05, 4.69) is 30.7 Å². The zero-order chi connectivity index (χ0) is 14.4. The summed E-state index contributed by atoms with van der Waals surface area (Å²) < 4.78 is 7.61. The number of methoxy groups -OCH3 is 1. The number of ether oxygens (including phenoxy) is 1. The van der Waals surface area contributed by atoms with E-state index in [1.165, 1.54) is 37.9 Å². The Hall–Kier alpha value is -0.420. The molecule has 1 aromatic rings. The summed E-state index contributed by atoms with van der Waals surface area (Å²) in [6.07, 6.45) is 7.22. The maximum atomic E-state index is 5.28. The summed E-state index contributed by atoms with van der Waals surface area (Å²) in [5, 5.41) is 9.82. The van der Waals surface area contributed by atoms with Crippen LogP contribution in [0, 0.1) is 23.7 Å². The molecule has 116 valence electrons. The summed E-state index contributed by atoms with van der Waals surface area (Å²) in [5.74, 6) is 6.68. The standard InChI is InChI=1S/C16H24BrN3O/c1-21-3-2-20-14(9-17)18-19-16(20)15-12-5-10-4-11(7-12)8-13(15)6-10/h10-13,15H,2-9H2,1H3. The van der Waals surface area contributed by atoms with Gasteiger partial charge in [0.05, 0.1) is 11.9 Å². The van der Waals surface area contributed by atoms with Crippen LogP contribution in [0.5, 0.6) is 0 Å². The molecule has 0 unspecified atom stereocenters. The molecule has 5 heteroatoms. The van der Waals surface area contributed by atoms with E-state index in [-0.39, 0.29) is 0 Å². The topological polar surface area (TPSA) is 39.9 Å². The zero-order valence-electron chi connectivity index (χ0n) is 12.7. The Bertz CT molecular complexity index is 488. The molecule has 0 atom stereocenters. The van der Waals surface area contributed by atoms with Crippen LogP contribution in [-0.4, -0.2) is 28.5 Å². The Morgan fingerprint density at radius 3 is 2.33 bits per heavy atom. The van der Waals surface area contributed by atoms with Gasteiger partial charge in [0.15, 0.2) is 0 Å². The van der Waals surface area contributed by atoms with Gasteiger partial charge in [0.2, 0.25) is 0 Å². The lowest BCUT2D eigenvalue weighted by Gasteiger charge is -2.54. The molecular formula is C16H24BrN3O. The fourth-order valence-electron chi connectivity index (χ4n) is 5.47. The van der Waals surface area contributed by atoms with Crippen molar-refractivity contribution in [2.45, 2.75) is 49.9 Å². The van der Waals surface area contributed by atoms with Crippen molar-refractivity contribution in [3.63, 3.8) is 0 Å². The molecule has 4 nitrogen and oxygen atoms in total. The second-order valence-corrected chi connectivity index (χ2v) is 7.77. The number of rotatable bonds is 5. The van der Waals surface area contributed by atoms with E-state index in [0.29, 0.717) is 5.92 Å². The molecule has 1 heterocycles. The molecule has 0 radical (unpaired) electrons. The van der Waals surface area contributed by atoms with Gasteiger partial charge < -0.3 is 9.30 Å². The molecule has 0 amide bonds. The minimum atomic E-state index is 0.648. The average Bonchev–Trinajstić information content (AvgIpc) is 2.87. The molecule has 21 heavy (non-hydrogen) atoms. The third kappa shape index (κ3) is 2.37. The van der Waals surface area contributed by atoms with Crippen LogP contribution in [-0.2, 0) is 16.6 Å². The van der Waals surface area contributed by atoms with Crippen LogP contribution in [0.2, 0.25) is 0 Å². The van der Waals surface area contributed by atoms with E-state index in [1.54, 1.807) is 7.11 Å². The van der Waals surface area contributed by atoms with Gasteiger partial charge in [0, 0.05) is 19.6 Å². The first kappa shape index (κ1) is 14.2. The highest BCUT2D eigenvalue weighted by molar-refractivity contribution is 9.08. The smallest absolute Gasteiger partial charge is 0.143 e. The Morgan fingerprint density at radius 2 is 1.76 bits per heavy atom. The molecule has 4 bridgehead atoms. The van der Waals surface area contributed by atoms with Crippen molar-refractivity contribution in [3.8, 4) is 0 Å². The van der Waals surface area contributed by atoms with Crippen LogP contribution < -0.4 is 0 Å². The zero-order valence-corrected chi connectivity index (χ0v) is 14.3. The van der Waals surface area contributed by atoms with Crippen molar-refractivity contribution in [2.24, 2.45) is 23.7 Å². The number of alkyl halides is 1. The Morgan fingerprint density at radius 1 is 1.10 bits per heavy atom. The molecule has 0 aromatic carbocycles. The first-order chi connectivity index (χ1) is 10.3. The van der Waals surface area contributed by atoms with Crippen LogP contribution >= 0.6 is 15.9 Å². The summed E-state index contributed by atoms with van der Waals surface area (Å²) in [5.41, 5.74) is 0. The van der Waals surface area contributed by atoms with Crippen molar-refractivity contribution < 1.29 is 4.74 Å². The molecule has 5 rings (SSSR count). The van der Waals surface area contributed by atoms with Crippen LogP contribution in [0.1, 0.15) is 49.7 Å². The average molecular weight is 354 g/mol. The van der Waals surface area contributed by atoms with Gasteiger partial charge in [0.1, 0.15) is 11.6 Å². The highest BCUT2D eigenvalue weighted by Gasteiger charge is 2.50. The fourth-order valence-corrected chi connectivity index (χ4v) is 5.88. The molecule has 0 N–H and O–H groups in total. The maximum absolute atomic E-state index is 5.28. The van der Waals surface area contributed by atoms with Crippen molar-refractivity contribution in [1.29, 1.82) is 0 Å². The van der Waals surface area contributed by atoms with Crippen molar-refractivity contribution in [3.05, 3.63) is 11.6 Å². The predicted molar refractivity (Wildman–Crippen MR) is 84.3 cm³/mol. The highest BCUT2D eigenvalue weighted by Crippen LogP contribution is 2.59. The van der Waals surface area contributed by atoms with Crippen LogP contribution in [0.4, 0.5) is 0 Å². The van der Waals surface area contributed by atoms with Crippen LogP contribution in [0.3, 0.4) is 0 Å². The van der Waals surface area contributed by atoms with E-state index in [1.807, 2.05) is 0 Å². The van der Waals surface area contributed by atoms with E-state index in [9.17, 15) is 0 Å². The first-order valence-corrected chi connectivity index (χ1v) is 9.39. The summed E-state index contributed by atoms with van der Waals surface area (Å²) >= 11 is 3.55. The maximum Gasteiger partial charge on any atom is 0.143 e. The van der Waals surface area contributed by atoms with E-state index in [0.717, 1.165) is 48.0 Å². The monoisotopic (exact) mass is 353 g/mol. The summed E-state index contributed by atoms with van der Waals surface area (Å²) in [7, 11) is 1.76. The highest BCUT2D eigenvalue weighted by atomic mass is 79.9. The van der Waals surface area contributed by atoms with Gasteiger partial charge in [-0.3, -0.25) is 0 Å². The van der Waals surface area contributed by atoms with Crippen molar-refractivity contribution >= 4 is 15.9 Å². The lowest BCUT2D eigenvalue weighted by molar-refractivity contribution is -0.00721. The van der Waals surface area contributed by atoms with Gasteiger partial charge in [-0.05, 0) is 55.8 Å². The third-order valence-corrected chi connectivity index (χ3v) is 6.52. The Labute approximate surface area is 134 Å². The quantitative estimate of drug-likeness (QED) is 0.762. The minimum Gasteiger partial charge on any atom is -0.383 e. The minimum absolute atomic E-state index is 0.648. The van der Waals surface area contributed by atoms with E-state index < -0.39 is 0 Å². The molecule has 0 saturated heterocycles. The molecule has 4 saturated carbocycles. The summed E-state index contributed by atoms with van der Waals surface area (Å²) in [4.78, 5) is 0. The molecule has 4 fully saturated rings. The lowest BCUT2D eigenvalue weighted by atomic mass is 9.51. The van der Waals surface area contributed by atoms with Crippen LogP contribution in [0.15, 0.2) is 0 Å². The fraction of sp³-hybridized carbons (Fsp3) is 0.875. The molecule has 1 aromatic heterocycles. The largest absolute Gasteiger partial charge is 0.383 e. The SMILES string of the molecule is COCCn1c(CBr)nnc1C1C2CC3CC(C2)CC1C3. The molecule has 0 aliphatic heterocycles. The van der Waals surface area contributed by atoms with Gasteiger partial charge in [-0.1, -0.05) is 15.9 Å². The number of hydrogen-bond acceptors (Lipinski definition) is 3. The first-order valence-electron chi connectivity index (χ1n) is 8.27. The van der Waals surface area contributed by atoms with Gasteiger partial charge in [-0.15, -0.1) is 10.2 Å². The van der Waals surface area contributed by atoms with Gasteiger partial charge in [0.25, 0.3) is 0 Å². The number of halogens is 1. The van der Waals surface area contributed by atoms with E-state index >= 15 is 0 Å². The molecular weight excluding hydrogens is 330 g/mol. The molecule has 4 aliphatic carbocycles. The lowest BCUT2D eigenvalue weighted by Crippen LogP contribution is -2.44. The molecule has 4 aliphatic rings. The summed E-state index contributed by atoms with van der Waals surface area (Å²) in [6, 6.07) is 0. The second kappa shape index (κ2) is 5.65. The van der Waals surface area contributed by atoms with Gasteiger partial charge in [-0.25, -0.2) is 0 Å². The normalized spacial score (nSPS) is 37.3. The Balaban J connectivity index is 1.65. The van der Waals surface area contributed by atoms with Crippen LogP contribution in [0.25, 0.3) is 0 Å². The number of hydrogen-bond donors (Lipinski definition) is 0. The Kier molecular flexibility index (Phi) is 3.82. The van der Waals surface area contributed by atoms with Gasteiger partial charge in [-0.2, -0.15) is 0 Å². The second-order valence-electron chi connectivity index (χ2n) is 7.21.